The zero-order valence-electron chi connectivity index (χ0n) is 22.6. The maximum atomic E-state index is 13.2. The number of hydrogen-bond donors (Lipinski definition) is 3. The summed E-state index contributed by atoms with van der Waals surface area (Å²) in [6.45, 7) is 5.62. The van der Waals surface area contributed by atoms with Gasteiger partial charge in [-0.2, -0.15) is 0 Å². The van der Waals surface area contributed by atoms with Crippen LogP contribution in [0.25, 0.3) is 22.3 Å². The number of carbonyl (C=O) groups excluding carboxylic acids is 2. The van der Waals surface area contributed by atoms with Crippen LogP contribution in [-0.2, 0) is 11.3 Å². The standard InChI is InChI=1S/C29H27ClF3N5O3/c1-28(2,3)27(40)35-15-16-9-12-21(30)20(13-16)26(39)36-17-10-11-18-22(14-17)37-25(38-24(18)34-4)19-7-5-6-8-23(19)41-29(31,32)33/h5-14H,15H2,1-4H3,(H,35,40)(H,36,39)(H,34,37,38). The lowest BCUT2D eigenvalue weighted by atomic mass is 9.95. The van der Waals surface area contributed by atoms with Crippen LogP contribution >= 0.6 is 11.6 Å². The van der Waals surface area contributed by atoms with Gasteiger partial charge in [0.25, 0.3) is 5.91 Å². The number of fused-ring (bicyclic) bond motifs is 1. The average Bonchev–Trinajstić information content (AvgIpc) is 2.90. The van der Waals surface area contributed by atoms with E-state index in [1.165, 1.54) is 18.2 Å². The molecule has 2 amide bonds. The second-order valence-electron chi connectivity index (χ2n) is 10.1. The van der Waals surface area contributed by atoms with E-state index in [9.17, 15) is 22.8 Å². The third kappa shape index (κ3) is 7.23. The molecule has 4 rings (SSSR count). The summed E-state index contributed by atoms with van der Waals surface area (Å²) in [6, 6.07) is 15.4. The predicted molar refractivity (Wildman–Crippen MR) is 152 cm³/mol. The van der Waals surface area contributed by atoms with E-state index in [0.717, 1.165) is 0 Å². The molecule has 0 saturated heterocycles. The first kappa shape index (κ1) is 29.6. The van der Waals surface area contributed by atoms with E-state index in [0.29, 0.717) is 28.0 Å². The third-order valence-corrected chi connectivity index (χ3v) is 6.28. The maximum Gasteiger partial charge on any atom is 0.573 e. The van der Waals surface area contributed by atoms with Crippen LogP contribution in [-0.4, -0.2) is 35.2 Å². The Balaban J connectivity index is 1.63. The molecule has 0 fully saturated rings. The number of carbonyl (C=O) groups is 2. The normalized spacial score (nSPS) is 11.7. The van der Waals surface area contributed by atoms with E-state index in [-0.39, 0.29) is 34.4 Å². The van der Waals surface area contributed by atoms with E-state index in [1.54, 1.807) is 70.3 Å². The average molecular weight is 586 g/mol. The first-order chi connectivity index (χ1) is 19.2. The van der Waals surface area contributed by atoms with Gasteiger partial charge in [0, 0.05) is 30.1 Å². The smallest absolute Gasteiger partial charge is 0.405 e. The predicted octanol–water partition coefficient (Wildman–Crippen LogP) is 6.81. The van der Waals surface area contributed by atoms with Crippen LogP contribution in [0, 0.1) is 5.41 Å². The van der Waals surface area contributed by atoms with Crippen molar-refractivity contribution in [3.05, 3.63) is 76.8 Å². The summed E-state index contributed by atoms with van der Waals surface area (Å²) in [5.74, 6) is -0.704. The Labute approximate surface area is 239 Å². The molecule has 0 atom stereocenters. The Morgan fingerprint density at radius 1 is 0.976 bits per heavy atom. The van der Waals surface area contributed by atoms with Crippen LogP contribution in [0.2, 0.25) is 5.02 Å². The second-order valence-corrected chi connectivity index (χ2v) is 10.5. The SMILES string of the molecule is CNc1nc(-c2ccccc2OC(F)(F)F)nc2cc(NC(=O)c3cc(CNC(=O)C(C)(C)C)ccc3Cl)ccc12. The number of alkyl halides is 3. The number of aromatic nitrogens is 2. The van der Waals surface area contributed by atoms with Crippen LogP contribution in [0.1, 0.15) is 36.7 Å². The molecule has 1 aromatic heterocycles. The number of anilines is 2. The number of nitrogens with zero attached hydrogens (tertiary/aromatic N) is 2. The summed E-state index contributed by atoms with van der Waals surface area (Å²) < 4.78 is 43.1. The van der Waals surface area contributed by atoms with Crippen LogP contribution in [0.4, 0.5) is 24.7 Å². The number of nitrogens with one attached hydrogen (secondary N) is 3. The van der Waals surface area contributed by atoms with Crippen molar-refractivity contribution in [1.29, 1.82) is 0 Å². The van der Waals surface area contributed by atoms with Gasteiger partial charge in [0.1, 0.15) is 11.6 Å². The highest BCUT2D eigenvalue weighted by molar-refractivity contribution is 6.34. The lowest BCUT2D eigenvalue weighted by Gasteiger charge is -2.18. The zero-order valence-corrected chi connectivity index (χ0v) is 23.4. The molecule has 214 valence electrons. The number of benzene rings is 3. The largest absolute Gasteiger partial charge is 0.573 e. The second kappa shape index (κ2) is 11.6. The van der Waals surface area contributed by atoms with Crippen molar-refractivity contribution in [2.45, 2.75) is 33.7 Å². The summed E-state index contributed by atoms with van der Waals surface area (Å²) in [5.41, 5.74) is 1.10. The van der Waals surface area contributed by atoms with Crippen LogP contribution < -0.4 is 20.7 Å². The van der Waals surface area contributed by atoms with Gasteiger partial charge < -0.3 is 20.7 Å². The van der Waals surface area contributed by atoms with Gasteiger partial charge >= 0.3 is 6.36 Å². The fraction of sp³-hybridized carbons (Fsp3) is 0.241. The molecule has 3 aromatic carbocycles. The highest BCUT2D eigenvalue weighted by Crippen LogP contribution is 2.34. The van der Waals surface area contributed by atoms with Gasteiger partial charge in [-0.3, -0.25) is 9.59 Å². The van der Waals surface area contributed by atoms with Gasteiger partial charge in [-0.15, -0.1) is 13.2 Å². The Morgan fingerprint density at radius 2 is 1.71 bits per heavy atom. The minimum absolute atomic E-state index is 0.00164. The minimum atomic E-state index is -4.90. The molecular formula is C29H27ClF3N5O3. The fourth-order valence-corrected chi connectivity index (χ4v) is 4.09. The van der Waals surface area contributed by atoms with Gasteiger partial charge in [-0.25, -0.2) is 9.97 Å². The van der Waals surface area contributed by atoms with Crippen molar-refractivity contribution < 1.29 is 27.5 Å². The lowest BCUT2D eigenvalue weighted by Crippen LogP contribution is -2.34. The molecule has 0 unspecified atom stereocenters. The molecule has 0 aliphatic heterocycles. The molecular weight excluding hydrogens is 559 g/mol. The van der Waals surface area contributed by atoms with Crippen molar-refractivity contribution in [3.63, 3.8) is 0 Å². The molecule has 0 aliphatic rings. The van der Waals surface area contributed by atoms with Crippen molar-refractivity contribution in [1.82, 2.24) is 15.3 Å². The van der Waals surface area contributed by atoms with E-state index in [2.05, 4.69) is 30.7 Å². The third-order valence-electron chi connectivity index (χ3n) is 5.95. The number of ether oxygens (including phenoxy) is 1. The van der Waals surface area contributed by atoms with E-state index in [1.807, 2.05) is 0 Å². The number of para-hydroxylation sites is 1. The number of halogens is 4. The van der Waals surface area contributed by atoms with Gasteiger partial charge in [0.2, 0.25) is 5.91 Å². The lowest BCUT2D eigenvalue weighted by molar-refractivity contribution is -0.274. The summed E-state index contributed by atoms with van der Waals surface area (Å²) >= 11 is 6.31. The van der Waals surface area contributed by atoms with Crippen molar-refractivity contribution >= 4 is 45.8 Å². The number of rotatable bonds is 7. The molecule has 8 nitrogen and oxygen atoms in total. The highest BCUT2D eigenvalue weighted by atomic mass is 35.5. The molecule has 0 radical (unpaired) electrons. The van der Waals surface area contributed by atoms with Crippen LogP contribution in [0.3, 0.4) is 0 Å². The van der Waals surface area contributed by atoms with Crippen LogP contribution in [0.15, 0.2) is 60.7 Å². The Hall–Kier alpha value is -4.38. The molecule has 3 N–H and O–H groups in total. The van der Waals surface area contributed by atoms with Gasteiger partial charge in [-0.05, 0) is 48.0 Å². The van der Waals surface area contributed by atoms with Crippen molar-refractivity contribution in [3.8, 4) is 17.1 Å². The minimum Gasteiger partial charge on any atom is -0.405 e. The molecule has 12 heteroatoms. The monoisotopic (exact) mass is 585 g/mol. The molecule has 0 bridgehead atoms. The number of amides is 2. The molecule has 1 heterocycles. The van der Waals surface area contributed by atoms with Gasteiger partial charge in [-0.1, -0.05) is 50.6 Å². The van der Waals surface area contributed by atoms with Crippen molar-refractivity contribution in [2.24, 2.45) is 5.41 Å². The summed E-state index contributed by atoms with van der Waals surface area (Å²) in [6.07, 6.45) is -4.90. The van der Waals surface area contributed by atoms with E-state index in [4.69, 9.17) is 11.6 Å². The molecule has 0 aliphatic carbocycles. The summed E-state index contributed by atoms with van der Waals surface area (Å²) in [5, 5.41) is 9.35. The van der Waals surface area contributed by atoms with Gasteiger partial charge in [0.15, 0.2) is 5.82 Å². The topological polar surface area (TPSA) is 105 Å². The summed E-state index contributed by atoms with van der Waals surface area (Å²) in [7, 11) is 1.62. The quantitative estimate of drug-likeness (QED) is 0.220. The molecule has 4 aromatic rings. The van der Waals surface area contributed by atoms with Crippen LogP contribution in [0.5, 0.6) is 5.75 Å². The first-order valence-corrected chi connectivity index (χ1v) is 12.9. The number of hydrogen-bond acceptors (Lipinski definition) is 6. The van der Waals surface area contributed by atoms with E-state index >= 15 is 0 Å². The van der Waals surface area contributed by atoms with Gasteiger partial charge in [0.05, 0.1) is 21.7 Å². The molecule has 0 spiro atoms. The fourth-order valence-electron chi connectivity index (χ4n) is 3.89. The van der Waals surface area contributed by atoms with Crippen molar-refractivity contribution in [2.75, 3.05) is 17.7 Å². The Bertz CT molecular complexity index is 1620. The zero-order chi connectivity index (χ0) is 29.9. The first-order valence-electron chi connectivity index (χ1n) is 12.5. The van der Waals surface area contributed by atoms with E-state index < -0.39 is 23.4 Å². The highest BCUT2D eigenvalue weighted by Gasteiger charge is 2.32. The molecule has 41 heavy (non-hydrogen) atoms. The Kier molecular flexibility index (Phi) is 8.39. The molecule has 0 saturated carbocycles. The maximum absolute atomic E-state index is 13.2. The summed E-state index contributed by atoms with van der Waals surface area (Å²) in [4.78, 5) is 34.2. The Morgan fingerprint density at radius 3 is 2.39 bits per heavy atom.